The van der Waals surface area contributed by atoms with Gasteiger partial charge in [0.05, 0.1) is 12.7 Å². The molecule has 0 spiro atoms. The predicted octanol–water partition coefficient (Wildman–Crippen LogP) is 3.52. The number of hydrogen-bond acceptors (Lipinski definition) is 4. The standard InChI is InChI=1S/C17H17ClN2O2/c1-22-17(21)12-6-7-16(19-10-12)20-9-8-13(11-20)14-4-2-3-5-15(14)18/h2-7,10,13H,8-9,11H2,1H3. The summed E-state index contributed by atoms with van der Waals surface area (Å²) in [6.07, 6.45) is 2.61. The van der Waals surface area contributed by atoms with Gasteiger partial charge in [0.2, 0.25) is 0 Å². The Morgan fingerprint density at radius 1 is 1.32 bits per heavy atom. The molecule has 1 aromatic heterocycles. The molecule has 1 saturated heterocycles. The van der Waals surface area contributed by atoms with E-state index in [0.717, 1.165) is 30.4 Å². The Kier molecular flexibility index (Phi) is 4.29. The summed E-state index contributed by atoms with van der Waals surface area (Å²) >= 11 is 6.28. The SMILES string of the molecule is COC(=O)c1ccc(N2CCC(c3ccccc3Cl)C2)nc1. The Labute approximate surface area is 134 Å². The minimum atomic E-state index is -0.366. The Balaban J connectivity index is 1.73. The first-order valence-corrected chi connectivity index (χ1v) is 7.60. The molecule has 4 nitrogen and oxygen atoms in total. The number of carbonyl (C=O) groups excluding carboxylic acids is 1. The molecule has 5 heteroatoms. The maximum atomic E-state index is 11.4. The summed E-state index contributed by atoms with van der Waals surface area (Å²) in [6, 6.07) is 11.6. The highest BCUT2D eigenvalue weighted by Gasteiger charge is 2.26. The zero-order chi connectivity index (χ0) is 15.5. The molecule has 0 saturated carbocycles. The quantitative estimate of drug-likeness (QED) is 0.813. The molecule has 3 rings (SSSR count). The molecule has 0 amide bonds. The molecule has 114 valence electrons. The number of halogens is 1. The van der Waals surface area contributed by atoms with Crippen molar-refractivity contribution >= 4 is 23.4 Å². The Bertz CT molecular complexity index is 673. The number of esters is 1. The summed E-state index contributed by atoms with van der Waals surface area (Å²) in [5, 5.41) is 0.823. The van der Waals surface area contributed by atoms with Crippen molar-refractivity contribution in [3.8, 4) is 0 Å². The summed E-state index contributed by atoms with van der Waals surface area (Å²) in [6.45, 7) is 1.81. The number of ether oxygens (including phenoxy) is 1. The lowest BCUT2D eigenvalue weighted by molar-refractivity contribution is 0.0600. The molecule has 0 bridgehead atoms. The van der Waals surface area contributed by atoms with Gasteiger partial charge < -0.3 is 9.64 Å². The van der Waals surface area contributed by atoms with Crippen LogP contribution in [0.3, 0.4) is 0 Å². The van der Waals surface area contributed by atoms with Crippen LogP contribution >= 0.6 is 11.6 Å². The maximum absolute atomic E-state index is 11.4. The average molecular weight is 317 g/mol. The van der Waals surface area contributed by atoms with Gasteiger partial charge in [0.1, 0.15) is 5.82 Å². The van der Waals surface area contributed by atoms with Gasteiger partial charge in [-0.2, -0.15) is 0 Å². The molecule has 1 aliphatic rings. The molecular weight excluding hydrogens is 300 g/mol. The lowest BCUT2D eigenvalue weighted by Crippen LogP contribution is -2.20. The maximum Gasteiger partial charge on any atom is 0.339 e. The number of anilines is 1. The molecule has 1 aliphatic heterocycles. The van der Waals surface area contributed by atoms with Crippen molar-refractivity contribution in [2.24, 2.45) is 0 Å². The molecule has 2 aromatic rings. The van der Waals surface area contributed by atoms with Gasteiger partial charge in [-0.3, -0.25) is 0 Å². The van der Waals surface area contributed by atoms with Crippen molar-refractivity contribution in [2.45, 2.75) is 12.3 Å². The van der Waals surface area contributed by atoms with Crippen LogP contribution in [0, 0.1) is 0 Å². The van der Waals surface area contributed by atoms with Crippen LogP contribution in [-0.2, 0) is 4.74 Å². The molecule has 0 N–H and O–H groups in total. The van der Waals surface area contributed by atoms with E-state index < -0.39 is 0 Å². The van der Waals surface area contributed by atoms with E-state index in [2.05, 4.69) is 20.7 Å². The molecule has 1 unspecified atom stereocenters. The third-order valence-corrected chi connectivity index (χ3v) is 4.37. The van der Waals surface area contributed by atoms with Crippen molar-refractivity contribution < 1.29 is 9.53 Å². The van der Waals surface area contributed by atoms with Crippen LogP contribution in [0.4, 0.5) is 5.82 Å². The van der Waals surface area contributed by atoms with Crippen molar-refractivity contribution in [1.82, 2.24) is 4.98 Å². The lowest BCUT2D eigenvalue weighted by Gasteiger charge is -2.18. The topological polar surface area (TPSA) is 42.4 Å². The van der Waals surface area contributed by atoms with Gasteiger partial charge in [0, 0.05) is 30.2 Å². The summed E-state index contributed by atoms with van der Waals surface area (Å²) in [7, 11) is 1.37. The predicted molar refractivity (Wildman–Crippen MR) is 86.6 cm³/mol. The van der Waals surface area contributed by atoms with Gasteiger partial charge >= 0.3 is 5.97 Å². The largest absolute Gasteiger partial charge is 0.465 e. The molecule has 1 fully saturated rings. The van der Waals surface area contributed by atoms with Gasteiger partial charge in [-0.05, 0) is 30.2 Å². The first kappa shape index (κ1) is 14.9. The summed E-state index contributed by atoms with van der Waals surface area (Å²) in [5.41, 5.74) is 1.66. The highest BCUT2D eigenvalue weighted by atomic mass is 35.5. The molecule has 22 heavy (non-hydrogen) atoms. The number of methoxy groups -OCH3 is 1. The van der Waals surface area contributed by atoms with Gasteiger partial charge in [-0.25, -0.2) is 9.78 Å². The molecular formula is C17H17ClN2O2. The third-order valence-electron chi connectivity index (χ3n) is 4.03. The van der Waals surface area contributed by atoms with Gasteiger partial charge in [0.25, 0.3) is 0 Å². The zero-order valence-corrected chi connectivity index (χ0v) is 13.1. The smallest absolute Gasteiger partial charge is 0.339 e. The zero-order valence-electron chi connectivity index (χ0n) is 12.3. The van der Waals surface area contributed by atoms with Crippen LogP contribution in [0.2, 0.25) is 5.02 Å². The van der Waals surface area contributed by atoms with E-state index in [-0.39, 0.29) is 5.97 Å². The second-order valence-corrected chi connectivity index (χ2v) is 5.76. The second kappa shape index (κ2) is 6.36. The number of benzene rings is 1. The van der Waals surface area contributed by atoms with E-state index >= 15 is 0 Å². The average Bonchev–Trinajstić information content (AvgIpc) is 3.04. The van der Waals surface area contributed by atoms with E-state index in [1.165, 1.54) is 12.7 Å². The first-order valence-electron chi connectivity index (χ1n) is 7.23. The van der Waals surface area contributed by atoms with Crippen LogP contribution in [0.5, 0.6) is 0 Å². The number of aromatic nitrogens is 1. The van der Waals surface area contributed by atoms with E-state index in [1.54, 1.807) is 12.3 Å². The number of nitrogens with zero attached hydrogens (tertiary/aromatic N) is 2. The fraction of sp³-hybridized carbons (Fsp3) is 0.294. The Morgan fingerprint density at radius 2 is 2.14 bits per heavy atom. The summed E-state index contributed by atoms with van der Waals surface area (Å²) < 4.78 is 4.68. The van der Waals surface area contributed by atoms with E-state index in [1.807, 2.05) is 24.3 Å². The first-order chi connectivity index (χ1) is 10.7. The highest BCUT2D eigenvalue weighted by molar-refractivity contribution is 6.31. The lowest BCUT2D eigenvalue weighted by atomic mass is 9.98. The van der Waals surface area contributed by atoms with Crippen LogP contribution in [0.1, 0.15) is 28.3 Å². The van der Waals surface area contributed by atoms with E-state index in [4.69, 9.17) is 11.6 Å². The van der Waals surface area contributed by atoms with E-state index in [0.29, 0.717) is 11.5 Å². The normalized spacial score (nSPS) is 17.5. The van der Waals surface area contributed by atoms with Crippen molar-refractivity contribution in [3.63, 3.8) is 0 Å². The van der Waals surface area contributed by atoms with Gasteiger partial charge in [-0.15, -0.1) is 0 Å². The monoisotopic (exact) mass is 316 g/mol. The molecule has 1 aromatic carbocycles. The van der Waals surface area contributed by atoms with Crippen LogP contribution in [0.25, 0.3) is 0 Å². The number of rotatable bonds is 3. The second-order valence-electron chi connectivity index (χ2n) is 5.35. The fourth-order valence-corrected chi connectivity index (χ4v) is 3.13. The Hall–Kier alpha value is -2.07. The van der Waals surface area contributed by atoms with Crippen LogP contribution in [-0.4, -0.2) is 31.2 Å². The summed E-state index contributed by atoms with van der Waals surface area (Å²) in [4.78, 5) is 18.0. The molecule has 2 heterocycles. The molecule has 1 atom stereocenters. The van der Waals surface area contributed by atoms with Crippen LogP contribution < -0.4 is 4.90 Å². The van der Waals surface area contributed by atoms with E-state index in [9.17, 15) is 4.79 Å². The number of pyridine rings is 1. The minimum Gasteiger partial charge on any atom is -0.465 e. The number of hydrogen-bond donors (Lipinski definition) is 0. The fourth-order valence-electron chi connectivity index (χ4n) is 2.84. The van der Waals surface area contributed by atoms with Crippen molar-refractivity contribution in [3.05, 3.63) is 58.7 Å². The van der Waals surface area contributed by atoms with Gasteiger partial charge in [-0.1, -0.05) is 29.8 Å². The minimum absolute atomic E-state index is 0.366. The highest BCUT2D eigenvalue weighted by Crippen LogP contribution is 2.33. The van der Waals surface area contributed by atoms with Crippen LogP contribution in [0.15, 0.2) is 42.6 Å². The van der Waals surface area contributed by atoms with Gasteiger partial charge in [0.15, 0.2) is 0 Å². The molecule has 0 aliphatic carbocycles. The summed E-state index contributed by atoms with van der Waals surface area (Å²) in [5.74, 6) is 0.924. The number of carbonyl (C=O) groups is 1. The third kappa shape index (κ3) is 2.92. The van der Waals surface area contributed by atoms with Crippen molar-refractivity contribution in [2.75, 3.05) is 25.1 Å². The van der Waals surface area contributed by atoms with Crippen molar-refractivity contribution in [1.29, 1.82) is 0 Å². The Morgan fingerprint density at radius 3 is 2.82 bits per heavy atom. The molecule has 0 radical (unpaired) electrons.